The van der Waals surface area contributed by atoms with Gasteiger partial charge in [-0.1, -0.05) is 87.8 Å². The molecule has 0 aliphatic carbocycles. The Morgan fingerprint density at radius 1 is 1.03 bits per heavy atom. The van der Waals surface area contributed by atoms with Crippen LogP contribution in [0.4, 0.5) is 0 Å². The number of benzene rings is 3. The van der Waals surface area contributed by atoms with Crippen LogP contribution in [0.3, 0.4) is 0 Å². The number of aromatic nitrogens is 2. The average Bonchev–Trinajstić information content (AvgIpc) is 3.20. The number of Topliss-reactive ketones (excluding diaryl/α,β-unsaturated/α-hetero) is 1. The van der Waals surface area contributed by atoms with Gasteiger partial charge in [0.05, 0.1) is 17.8 Å². The molecule has 0 spiro atoms. The number of hydrogen-bond acceptors (Lipinski definition) is 5. The maximum atomic E-state index is 13.6. The number of fused-ring (bicyclic) bond motifs is 3. The number of ketones is 1. The van der Waals surface area contributed by atoms with Gasteiger partial charge in [0.1, 0.15) is 4.70 Å². The molecule has 0 atom stereocenters. The van der Waals surface area contributed by atoms with Gasteiger partial charge in [-0.25, -0.2) is 4.98 Å². The van der Waals surface area contributed by atoms with E-state index in [9.17, 15) is 9.59 Å². The number of halogens is 2. The van der Waals surface area contributed by atoms with E-state index in [1.807, 2.05) is 54.6 Å². The van der Waals surface area contributed by atoms with Gasteiger partial charge in [-0.3, -0.25) is 14.2 Å². The van der Waals surface area contributed by atoms with E-state index in [0.29, 0.717) is 26.0 Å². The van der Waals surface area contributed by atoms with E-state index in [2.05, 4.69) is 15.9 Å². The molecule has 0 aliphatic heterocycles. The fraction of sp³-hybridized carbons (Fsp3) is 0.0800. The Morgan fingerprint density at radius 2 is 1.76 bits per heavy atom. The fourth-order valence-corrected chi connectivity index (χ4v) is 5.99. The number of nitrogens with zero attached hydrogens (tertiary/aromatic N) is 2. The van der Waals surface area contributed by atoms with Gasteiger partial charge in [-0.05, 0) is 29.8 Å². The molecule has 8 heteroatoms. The van der Waals surface area contributed by atoms with Gasteiger partial charge in [0, 0.05) is 25.1 Å². The Bertz CT molecular complexity index is 1560. The Labute approximate surface area is 211 Å². The Hall–Kier alpha value is -2.45. The van der Waals surface area contributed by atoms with Crippen molar-refractivity contribution in [2.24, 2.45) is 0 Å². The summed E-state index contributed by atoms with van der Waals surface area (Å²) < 4.78 is 4.15. The fourth-order valence-electron chi connectivity index (χ4n) is 3.55. The van der Waals surface area contributed by atoms with Gasteiger partial charge >= 0.3 is 0 Å². The first kappa shape index (κ1) is 22.3. The molecule has 33 heavy (non-hydrogen) atoms. The second kappa shape index (κ2) is 9.43. The molecule has 0 amide bonds. The molecule has 0 bridgehead atoms. The second-order valence-electron chi connectivity index (χ2n) is 7.37. The first-order chi connectivity index (χ1) is 16.0. The zero-order valence-corrected chi connectivity index (χ0v) is 21.1. The Balaban J connectivity index is 1.59. The molecule has 0 saturated heterocycles. The SMILES string of the molecule is O=C(CSc1nc2c(sc3ccccc32)c(=O)n1Cc1ccccc1Cl)c1ccc(Br)cc1. The quantitative estimate of drug-likeness (QED) is 0.128. The van der Waals surface area contributed by atoms with Crippen molar-refractivity contribution in [1.82, 2.24) is 9.55 Å². The highest BCUT2D eigenvalue weighted by molar-refractivity contribution is 9.10. The minimum atomic E-state index is -0.125. The average molecular weight is 556 g/mol. The van der Waals surface area contributed by atoms with Gasteiger partial charge in [0.2, 0.25) is 0 Å². The first-order valence-corrected chi connectivity index (χ1v) is 13.1. The van der Waals surface area contributed by atoms with Crippen LogP contribution in [0.1, 0.15) is 15.9 Å². The summed E-state index contributed by atoms with van der Waals surface area (Å²) >= 11 is 12.5. The molecule has 5 rings (SSSR count). The van der Waals surface area contributed by atoms with Crippen LogP contribution in [-0.2, 0) is 6.54 Å². The summed E-state index contributed by atoms with van der Waals surface area (Å²) in [5.41, 5.74) is 1.99. The van der Waals surface area contributed by atoms with Gasteiger partial charge < -0.3 is 0 Å². The predicted molar refractivity (Wildman–Crippen MR) is 141 cm³/mol. The maximum Gasteiger partial charge on any atom is 0.272 e. The van der Waals surface area contributed by atoms with Crippen LogP contribution in [-0.4, -0.2) is 21.1 Å². The molecule has 0 saturated carbocycles. The van der Waals surface area contributed by atoms with Crippen LogP contribution in [0, 0.1) is 0 Å². The van der Waals surface area contributed by atoms with Crippen LogP contribution in [0.25, 0.3) is 20.3 Å². The van der Waals surface area contributed by atoms with Crippen LogP contribution < -0.4 is 5.56 Å². The smallest absolute Gasteiger partial charge is 0.272 e. The molecule has 0 N–H and O–H groups in total. The van der Waals surface area contributed by atoms with Crippen LogP contribution in [0.2, 0.25) is 5.02 Å². The second-order valence-corrected chi connectivity index (χ2v) is 10.7. The third-order valence-corrected chi connectivity index (χ3v) is 8.25. The molecule has 2 aromatic heterocycles. The Morgan fingerprint density at radius 3 is 2.55 bits per heavy atom. The number of thioether (sulfide) groups is 1. The summed E-state index contributed by atoms with van der Waals surface area (Å²) in [6.45, 7) is 0.282. The molecule has 164 valence electrons. The third kappa shape index (κ3) is 4.51. The molecule has 3 aromatic carbocycles. The van der Waals surface area contributed by atoms with Gasteiger partial charge in [0.15, 0.2) is 10.9 Å². The van der Waals surface area contributed by atoms with Crippen molar-refractivity contribution < 1.29 is 4.79 Å². The van der Waals surface area contributed by atoms with Crippen molar-refractivity contribution >= 4 is 76.7 Å². The molecular formula is C25H16BrClN2O2S2. The molecule has 2 heterocycles. The van der Waals surface area contributed by atoms with Gasteiger partial charge in [-0.15, -0.1) is 11.3 Å². The zero-order chi connectivity index (χ0) is 22.9. The minimum absolute atomic E-state index is 0.0266. The summed E-state index contributed by atoms with van der Waals surface area (Å²) in [5, 5.41) is 2.03. The van der Waals surface area contributed by atoms with E-state index in [1.54, 1.807) is 22.8 Å². The van der Waals surface area contributed by atoms with Crippen molar-refractivity contribution in [3.05, 3.63) is 104 Å². The highest BCUT2D eigenvalue weighted by Gasteiger charge is 2.18. The number of rotatable bonds is 6. The Kier molecular flexibility index (Phi) is 6.38. The number of thiophene rings is 1. The van der Waals surface area contributed by atoms with Crippen molar-refractivity contribution in [2.75, 3.05) is 5.75 Å². The standard InChI is InChI=1S/C25H16BrClN2O2S2/c26-17-11-9-15(10-12-17)20(30)14-32-25-28-22-18-6-2-4-8-21(18)33-23(22)24(31)29(25)13-16-5-1-3-7-19(16)27/h1-12H,13-14H2. The van der Waals surface area contributed by atoms with Gasteiger partial charge in [-0.2, -0.15) is 0 Å². The van der Waals surface area contributed by atoms with Crippen molar-refractivity contribution in [2.45, 2.75) is 11.7 Å². The van der Waals surface area contributed by atoms with E-state index in [0.717, 1.165) is 20.1 Å². The molecule has 0 radical (unpaired) electrons. The summed E-state index contributed by atoms with van der Waals surface area (Å²) in [4.78, 5) is 31.2. The minimum Gasteiger partial charge on any atom is -0.293 e. The summed E-state index contributed by atoms with van der Waals surface area (Å²) in [6, 6.07) is 22.5. The highest BCUT2D eigenvalue weighted by Crippen LogP contribution is 2.32. The third-order valence-electron chi connectivity index (χ3n) is 5.23. The van der Waals surface area contributed by atoms with Crippen molar-refractivity contribution in [3.8, 4) is 0 Å². The van der Waals surface area contributed by atoms with Crippen molar-refractivity contribution in [3.63, 3.8) is 0 Å². The molecule has 5 aromatic rings. The lowest BCUT2D eigenvalue weighted by molar-refractivity contribution is 0.102. The topological polar surface area (TPSA) is 52.0 Å². The largest absolute Gasteiger partial charge is 0.293 e. The highest BCUT2D eigenvalue weighted by atomic mass is 79.9. The van der Waals surface area contributed by atoms with Crippen LogP contribution in [0.15, 0.2) is 87.2 Å². The van der Waals surface area contributed by atoms with E-state index in [4.69, 9.17) is 16.6 Å². The van der Waals surface area contributed by atoms with E-state index in [-0.39, 0.29) is 23.6 Å². The molecular weight excluding hydrogens is 540 g/mol. The number of hydrogen-bond donors (Lipinski definition) is 0. The predicted octanol–water partition coefficient (Wildman–Crippen LogP) is 7.05. The zero-order valence-electron chi connectivity index (χ0n) is 17.1. The molecule has 4 nitrogen and oxygen atoms in total. The molecule has 0 fully saturated rings. The van der Waals surface area contributed by atoms with E-state index < -0.39 is 0 Å². The molecule has 0 unspecified atom stereocenters. The summed E-state index contributed by atoms with van der Waals surface area (Å²) in [5.74, 6) is 0.144. The summed E-state index contributed by atoms with van der Waals surface area (Å²) in [7, 11) is 0. The van der Waals surface area contributed by atoms with Crippen LogP contribution >= 0.6 is 50.6 Å². The van der Waals surface area contributed by atoms with E-state index in [1.165, 1.54) is 23.1 Å². The lowest BCUT2D eigenvalue weighted by Crippen LogP contribution is -2.23. The number of carbonyl (C=O) groups excluding carboxylic acids is 1. The summed E-state index contributed by atoms with van der Waals surface area (Å²) in [6.07, 6.45) is 0. The monoisotopic (exact) mass is 554 g/mol. The lowest BCUT2D eigenvalue weighted by atomic mass is 10.2. The number of carbonyl (C=O) groups is 1. The maximum absolute atomic E-state index is 13.6. The first-order valence-electron chi connectivity index (χ1n) is 10.1. The normalized spacial score (nSPS) is 11.3. The van der Waals surface area contributed by atoms with Gasteiger partial charge in [0.25, 0.3) is 5.56 Å². The lowest BCUT2D eigenvalue weighted by Gasteiger charge is -2.13. The van der Waals surface area contributed by atoms with Crippen molar-refractivity contribution in [1.29, 1.82) is 0 Å². The van der Waals surface area contributed by atoms with E-state index >= 15 is 0 Å². The van der Waals surface area contributed by atoms with Crippen LogP contribution in [0.5, 0.6) is 0 Å². The molecule has 0 aliphatic rings.